The average Bonchev–Trinajstić information content (AvgIpc) is 2.94. The number of hydrogen-bond donors (Lipinski definition) is 1. The van der Waals surface area contributed by atoms with E-state index in [1.807, 2.05) is 26.8 Å². The smallest absolute Gasteiger partial charge is 0.410 e. The third-order valence-corrected chi connectivity index (χ3v) is 5.49. The van der Waals surface area contributed by atoms with Crippen molar-refractivity contribution in [3.8, 4) is 0 Å². The Morgan fingerprint density at radius 1 is 1.21 bits per heavy atom. The standard InChI is InChI=1S/C20H27N5O4/c1-19(2,3)29-18(28)23-9-6-13-14(7-10-23)22-15-5-8-21-25(15)16(13)24-11-20(4,12-24)17(26)27/h5,8H,6-7,9-12H2,1-4H3,(H,26,27). The highest BCUT2D eigenvalue weighted by molar-refractivity contribution is 5.79. The maximum Gasteiger partial charge on any atom is 0.410 e. The molecule has 2 aromatic heterocycles. The lowest BCUT2D eigenvalue weighted by Crippen LogP contribution is -2.59. The first kappa shape index (κ1) is 19.5. The quantitative estimate of drug-likeness (QED) is 0.821. The molecule has 9 nitrogen and oxygen atoms in total. The monoisotopic (exact) mass is 401 g/mol. The number of rotatable bonds is 2. The number of carboxylic acids is 1. The Bertz CT molecular complexity index is 971. The van der Waals surface area contributed by atoms with Crippen LogP contribution in [-0.2, 0) is 22.4 Å². The Morgan fingerprint density at radius 3 is 2.55 bits per heavy atom. The summed E-state index contributed by atoms with van der Waals surface area (Å²) in [6.45, 7) is 9.22. The van der Waals surface area contributed by atoms with Crippen molar-refractivity contribution in [3.63, 3.8) is 0 Å². The first-order valence-corrected chi connectivity index (χ1v) is 9.89. The van der Waals surface area contributed by atoms with Gasteiger partial charge in [-0.05, 0) is 34.1 Å². The van der Waals surface area contributed by atoms with Crippen molar-refractivity contribution >= 4 is 23.5 Å². The minimum atomic E-state index is -0.790. The van der Waals surface area contributed by atoms with Crippen LogP contribution < -0.4 is 4.90 Å². The number of carbonyl (C=O) groups excluding carboxylic acids is 1. The molecule has 0 atom stereocenters. The van der Waals surface area contributed by atoms with Crippen LogP contribution >= 0.6 is 0 Å². The molecule has 29 heavy (non-hydrogen) atoms. The maximum atomic E-state index is 12.5. The summed E-state index contributed by atoms with van der Waals surface area (Å²) in [7, 11) is 0. The van der Waals surface area contributed by atoms with E-state index in [0.717, 1.165) is 22.7 Å². The van der Waals surface area contributed by atoms with Gasteiger partial charge in [0.05, 0.1) is 17.3 Å². The molecule has 9 heteroatoms. The summed E-state index contributed by atoms with van der Waals surface area (Å²) in [6.07, 6.45) is 2.62. The van der Waals surface area contributed by atoms with E-state index in [1.54, 1.807) is 22.5 Å². The zero-order chi connectivity index (χ0) is 21.0. The molecule has 2 aromatic rings. The minimum Gasteiger partial charge on any atom is -0.481 e. The van der Waals surface area contributed by atoms with E-state index in [4.69, 9.17) is 9.72 Å². The van der Waals surface area contributed by atoms with Crippen LogP contribution in [0.3, 0.4) is 0 Å². The number of hydrogen-bond acceptors (Lipinski definition) is 6. The molecule has 0 radical (unpaired) electrons. The van der Waals surface area contributed by atoms with Crippen molar-refractivity contribution in [2.45, 2.75) is 46.1 Å². The van der Waals surface area contributed by atoms with E-state index in [2.05, 4.69) is 10.00 Å². The molecule has 1 N–H and O–H groups in total. The largest absolute Gasteiger partial charge is 0.481 e. The van der Waals surface area contributed by atoms with Gasteiger partial charge < -0.3 is 19.6 Å². The van der Waals surface area contributed by atoms with Gasteiger partial charge in [0.2, 0.25) is 0 Å². The fourth-order valence-electron chi connectivity index (χ4n) is 3.98. The summed E-state index contributed by atoms with van der Waals surface area (Å²) in [5, 5.41) is 13.9. The molecule has 2 aliphatic rings. The number of aromatic nitrogens is 3. The summed E-state index contributed by atoms with van der Waals surface area (Å²) >= 11 is 0. The van der Waals surface area contributed by atoms with Gasteiger partial charge >= 0.3 is 12.1 Å². The van der Waals surface area contributed by atoms with E-state index >= 15 is 0 Å². The highest BCUT2D eigenvalue weighted by atomic mass is 16.6. The topological polar surface area (TPSA) is 100 Å². The molecule has 2 aliphatic heterocycles. The SMILES string of the molecule is CC(C)(C)OC(=O)N1CCc2nc3ccnn3c(N3CC(C)(C(=O)O)C3)c2CC1. The predicted octanol–water partition coefficient (Wildman–Crippen LogP) is 1.98. The molecular weight excluding hydrogens is 374 g/mol. The minimum absolute atomic E-state index is 0.320. The van der Waals surface area contributed by atoms with Gasteiger partial charge in [0.1, 0.15) is 11.4 Å². The van der Waals surface area contributed by atoms with E-state index in [0.29, 0.717) is 39.0 Å². The van der Waals surface area contributed by atoms with Gasteiger partial charge in [-0.25, -0.2) is 9.78 Å². The molecule has 0 unspecified atom stereocenters. The number of fused-ring (bicyclic) bond motifs is 2. The maximum absolute atomic E-state index is 12.5. The van der Waals surface area contributed by atoms with Gasteiger partial charge in [-0.3, -0.25) is 4.79 Å². The van der Waals surface area contributed by atoms with Gasteiger partial charge in [0, 0.05) is 44.2 Å². The molecule has 0 saturated carbocycles. The van der Waals surface area contributed by atoms with Crippen molar-refractivity contribution in [2.24, 2.45) is 5.41 Å². The average molecular weight is 401 g/mol. The third kappa shape index (κ3) is 3.49. The first-order chi connectivity index (χ1) is 13.6. The highest BCUT2D eigenvalue weighted by Gasteiger charge is 2.47. The lowest BCUT2D eigenvalue weighted by molar-refractivity contribution is -0.149. The Kier molecular flexibility index (Phi) is 4.43. The van der Waals surface area contributed by atoms with Crippen molar-refractivity contribution in [2.75, 3.05) is 31.1 Å². The Balaban J connectivity index is 1.64. The first-order valence-electron chi connectivity index (χ1n) is 9.89. The van der Waals surface area contributed by atoms with Gasteiger partial charge in [-0.15, -0.1) is 0 Å². The molecular formula is C20H27N5O4. The Morgan fingerprint density at radius 2 is 1.90 bits per heavy atom. The van der Waals surface area contributed by atoms with Crippen LogP contribution in [0.15, 0.2) is 12.3 Å². The molecule has 4 rings (SSSR count). The molecule has 1 saturated heterocycles. The molecule has 1 amide bonds. The lowest BCUT2D eigenvalue weighted by Gasteiger charge is -2.46. The van der Waals surface area contributed by atoms with E-state index in [-0.39, 0.29) is 6.09 Å². The van der Waals surface area contributed by atoms with Gasteiger partial charge in [0.25, 0.3) is 0 Å². The Labute approximate surface area is 169 Å². The molecule has 156 valence electrons. The van der Waals surface area contributed by atoms with Gasteiger partial charge in [0.15, 0.2) is 5.65 Å². The van der Waals surface area contributed by atoms with Crippen molar-refractivity contribution < 1.29 is 19.4 Å². The summed E-state index contributed by atoms with van der Waals surface area (Å²) < 4.78 is 7.31. The van der Waals surface area contributed by atoms with Gasteiger partial charge in [-0.1, -0.05) is 0 Å². The second-order valence-electron chi connectivity index (χ2n) is 9.15. The summed E-state index contributed by atoms with van der Waals surface area (Å²) in [4.78, 5) is 32.6. The van der Waals surface area contributed by atoms with Crippen LogP contribution in [-0.4, -0.2) is 68.4 Å². The highest BCUT2D eigenvalue weighted by Crippen LogP contribution is 2.37. The zero-order valence-electron chi connectivity index (χ0n) is 17.3. The van der Waals surface area contributed by atoms with Crippen LogP contribution in [0.25, 0.3) is 5.65 Å². The molecule has 0 aromatic carbocycles. The van der Waals surface area contributed by atoms with Crippen LogP contribution in [0.2, 0.25) is 0 Å². The molecule has 0 aliphatic carbocycles. The predicted molar refractivity (Wildman–Crippen MR) is 106 cm³/mol. The number of amides is 1. The van der Waals surface area contributed by atoms with Crippen LogP contribution in [0, 0.1) is 5.41 Å². The van der Waals surface area contributed by atoms with Crippen molar-refractivity contribution in [1.29, 1.82) is 0 Å². The Hall–Kier alpha value is -2.84. The number of anilines is 1. The van der Waals surface area contributed by atoms with E-state index in [1.165, 1.54) is 0 Å². The van der Waals surface area contributed by atoms with Gasteiger partial charge in [-0.2, -0.15) is 9.61 Å². The fraction of sp³-hybridized carbons (Fsp3) is 0.600. The van der Waals surface area contributed by atoms with E-state index in [9.17, 15) is 14.7 Å². The van der Waals surface area contributed by atoms with Crippen molar-refractivity contribution in [3.05, 3.63) is 23.5 Å². The summed E-state index contributed by atoms with van der Waals surface area (Å²) in [5.41, 5.74) is 1.39. The normalized spacial score (nSPS) is 18.8. The molecule has 1 fully saturated rings. The van der Waals surface area contributed by atoms with E-state index < -0.39 is 17.0 Å². The van der Waals surface area contributed by atoms with Crippen LogP contribution in [0.5, 0.6) is 0 Å². The summed E-state index contributed by atoms with van der Waals surface area (Å²) in [6, 6.07) is 1.84. The number of nitrogens with zero attached hydrogens (tertiary/aromatic N) is 5. The van der Waals surface area contributed by atoms with Crippen LogP contribution in [0.1, 0.15) is 39.0 Å². The second-order valence-corrected chi connectivity index (χ2v) is 9.15. The second kappa shape index (κ2) is 6.60. The number of carboxylic acid groups (broad SMARTS) is 1. The molecule has 4 heterocycles. The third-order valence-electron chi connectivity index (χ3n) is 5.49. The number of ether oxygens (including phenoxy) is 1. The fourth-order valence-corrected chi connectivity index (χ4v) is 3.98. The van der Waals surface area contributed by atoms with Crippen molar-refractivity contribution in [1.82, 2.24) is 19.5 Å². The number of carbonyl (C=O) groups is 2. The summed E-state index contributed by atoms with van der Waals surface area (Å²) in [5.74, 6) is 0.0986. The number of aliphatic carboxylic acids is 1. The zero-order valence-corrected chi connectivity index (χ0v) is 17.3. The lowest BCUT2D eigenvalue weighted by atomic mass is 9.82. The molecule has 0 bridgehead atoms. The molecule has 0 spiro atoms. The van der Waals surface area contributed by atoms with Crippen LogP contribution in [0.4, 0.5) is 10.6 Å².